The standard InChI is InChI=1S/C22H16F3N3O.ClH/c23-22(24,25)16-9-6-10-17(13-16)26-21-27-19-12-5-4-11-18(19)20(28-21)29-14-15-7-2-1-3-8-15;/h1-13H,14H2,(H,26,27,28);1H. The third-order valence-corrected chi connectivity index (χ3v) is 4.23. The Morgan fingerprint density at radius 2 is 1.57 bits per heavy atom. The van der Waals surface area contributed by atoms with Gasteiger partial charge in [-0.2, -0.15) is 18.2 Å². The summed E-state index contributed by atoms with van der Waals surface area (Å²) in [5, 5.41) is 3.57. The highest BCUT2D eigenvalue weighted by Crippen LogP contribution is 2.32. The van der Waals surface area contributed by atoms with Crippen molar-refractivity contribution in [2.45, 2.75) is 12.8 Å². The van der Waals surface area contributed by atoms with Crippen LogP contribution in [0.25, 0.3) is 10.9 Å². The Labute approximate surface area is 177 Å². The first kappa shape index (κ1) is 21.4. The van der Waals surface area contributed by atoms with Crippen LogP contribution in [0, 0.1) is 0 Å². The molecule has 0 amide bonds. The van der Waals surface area contributed by atoms with E-state index in [2.05, 4.69) is 15.3 Å². The van der Waals surface area contributed by atoms with E-state index in [1.165, 1.54) is 12.1 Å². The molecule has 4 nitrogen and oxygen atoms in total. The third kappa shape index (κ3) is 4.99. The minimum absolute atomic E-state index is 0. The van der Waals surface area contributed by atoms with Crippen molar-refractivity contribution in [2.75, 3.05) is 5.32 Å². The lowest BCUT2D eigenvalue weighted by Crippen LogP contribution is -2.06. The Hall–Kier alpha value is -3.32. The van der Waals surface area contributed by atoms with Crippen LogP contribution in [0.1, 0.15) is 11.1 Å². The molecule has 3 aromatic carbocycles. The van der Waals surface area contributed by atoms with Gasteiger partial charge in [-0.1, -0.05) is 48.5 Å². The molecule has 0 unspecified atom stereocenters. The maximum absolute atomic E-state index is 13.0. The number of benzene rings is 3. The van der Waals surface area contributed by atoms with Crippen LogP contribution >= 0.6 is 12.4 Å². The summed E-state index contributed by atoms with van der Waals surface area (Å²) >= 11 is 0. The molecule has 0 fully saturated rings. The number of rotatable bonds is 5. The van der Waals surface area contributed by atoms with Gasteiger partial charge in [0, 0.05) is 5.69 Å². The van der Waals surface area contributed by atoms with Gasteiger partial charge in [-0.05, 0) is 35.9 Å². The van der Waals surface area contributed by atoms with Crippen molar-refractivity contribution in [2.24, 2.45) is 0 Å². The van der Waals surface area contributed by atoms with Crippen molar-refractivity contribution in [1.82, 2.24) is 9.97 Å². The van der Waals surface area contributed by atoms with Crippen molar-refractivity contribution in [3.05, 3.63) is 90.0 Å². The zero-order valence-electron chi connectivity index (χ0n) is 15.6. The van der Waals surface area contributed by atoms with Crippen molar-refractivity contribution < 1.29 is 17.9 Å². The largest absolute Gasteiger partial charge is 0.472 e. The molecule has 0 spiro atoms. The van der Waals surface area contributed by atoms with E-state index in [9.17, 15) is 13.2 Å². The molecule has 0 saturated heterocycles. The Balaban J connectivity index is 0.00000256. The first-order valence-corrected chi connectivity index (χ1v) is 8.87. The summed E-state index contributed by atoms with van der Waals surface area (Å²) in [7, 11) is 0. The molecule has 1 N–H and O–H groups in total. The van der Waals surface area contributed by atoms with Crippen LogP contribution in [0.3, 0.4) is 0 Å². The number of nitrogens with zero attached hydrogens (tertiary/aromatic N) is 2. The van der Waals surface area contributed by atoms with Crippen molar-refractivity contribution in [1.29, 1.82) is 0 Å². The van der Waals surface area contributed by atoms with E-state index < -0.39 is 11.7 Å². The van der Waals surface area contributed by atoms with Gasteiger partial charge in [0.1, 0.15) is 6.61 Å². The average molecular weight is 432 g/mol. The highest BCUT2D eigenvalue weighted by atomic mass is 35.5. The van der Waals surface area contributed by atoms with Crippen molar-refractivity contribution in [3.8, 4) is 5.88 Å². The number of halogens is 4. The second-order valence-electron chi connectivity index (χ2n) is 6.35. The van der Waals surface area contributed by atoms with Gasteiger partial charge < -0.3 is 10.1 Å². The van der Waals surface area contributed by atoms with E-state index in [-0.39, 0.29) is 24.0 Å². The van der Waals surface area contributed by atoms with Crippen molar-refractivity contribution in [3.63, 3.8) is 0 Å². The number of para-hydroxylation sites is 1. The van der Waals surface area contributed by atoms with Gasteiger partial charge in [0.2, 0.25) is 11.8 Å². The molecule has 0 saturated carbocycles. The maximum Gasteiger partial charge on any atom is 0.416 e. The van der Waals surface area contributed by atoms with Crippen LogP contribution in [-0.2, 0) is 12.8 Å². The fourth-order valence-corrected chi connectivity index (χ4v) is 2.84. The Bertz CT molecular complexity index is 1140. The zero-order chi connectivity index (χ0) is 20.3. The minimum atomic E-state index is -4.42. The van der Waals surface area contributed by atoms with Gasteiger partial charge in [-0.15, -0.1) is 12.4 Å². The average Bonchev–Trinajstić information content (AvgIpc) is 2.72. The Kier molecular flexibility index (Phi) is 6.42. The summed E-state index contributed by atoms with van der Waals surface area (Å²) in [4.78, 5) is 8.77. The molecule has 0 atom stereocenters. The van der Waals surface area contributed by atoms with Crippen LogP contribution in [0.5, 0.6) is 5.88 Å². The second kappa shape index (κ2) is 9.00. The number of nitrogens with one attached hydrogen (secondary N) is 1. The highest BCUT2D eigenvalue weighted by molar-refractivity contribution is 5.85. The molecule has 1 aromatic heterocycles. The van der Waals surface area contributed by atoms with Crippen LogP contribution in [0.15, 0.2) is 78.9 Å². The quantitative estimate of drug-likeness (QED) is 0.397. The van der Waals surface area contributed by atoms with E-state index >= 15 is 0 Å². The number of fused-ring (bicyclic) bond motifs is 1. The smallest absolute Gasteiger partial charge is 0.416 e. The number of hydrogen-bond acceptors (Lipinski definition) is 4. The minimum Gasteiger partial charge on any atom is -0.472 e. The molecule has 30 heavy (non-hydrogen) atoms. The number of anilines is 2. The molecule has 4 aromatic rings. The van der Waals surface area contributed by atoms with E-state index in [4.69, 9.17) is 4.74 Å². The van der Waals surface area contributed by atoms with Crippen LogP contribution in [-0.4, -0.2) is 9.97 Å². The summed E-state index contributed by atoms with van der Waals surface area (Å²) in [6, 6.07) is 21.8. The fourth-order valence-electron chi connectivity index (χ4n) is 2.84. The van der Waals surface area contributed by atoms with Crippen LogP contribution in [0.2, 0.25) is 0 Å². The van der Waals surface area contributed by atoms with Gasteiger partial charge in [-0.3, -0.25) is 0 Å². The molecular weight excluding hydrogens is 415 g/mol. The predicted molar refractivity (Wildman–Crippen MR) is 112 cm³/mol. The van der Waals surface area contributed by atoms with Gasteiger partial charge in [0.15, 0.2) is 0 Å². The van der Waals surface area contributed by atoms with Gasteiger partial charge in [-0.25, -0.2) is 4.98 Å². The summed E-state index contributed by atoms with van der Waals surface area (Å²) in [5.74, 6) is 0.514. The Morgan fingerprint density at radius 1 is 0.833 bits per heavy atom. The molecule has 0 bridgehead atoms. The number of aromatic nitrogens is 2. The van der Waals surface area contributed by atoms with Gasteiger partial charge in [0.25, 0.3) is 0 Å². The van der Waals surface area contributed by atoms with Crippen molar-refractivity contribution >= 4 is 34.9 Å². The number of ether oxygens (including phenoxy) is 1. The van der Waals surface area contributed by atoms with Crippen LogP contribution < -0.4 is 10.1 Å². The number of hydrogen-bond donors (Lipinski definition) is 1. The van der Waals surface area contributed by atoms with E-state index in [1.54, 1.807) is 6.07 Å². The first-order valence-electron chi connectivity index (χ1n) is 8.87. The predicted octanol–water partition coefficient (Wildman–Crippen LogP) is 6.39. The molecule has 0 aliphatic rings. The lowest BCUT2D eigenvalue weighted by molar-refractivity contribution is -0.137. The summed E-state index contributed by atoms with van der Waals surface area (Å²) in [5.41, 5.74) is 1.09. The third-order valence-electron chi connectivity index (χ3n) is 4.23. The molecule has 0 aliphatic carbocycles. The van der Waals surface area contributed by atoms with Crippen LogP contribution in [0.4, 0.5) is 24.8 Å². The molecule has 0 aliphatic heterocycles. The molecule has 0 radical (unpaired) electrons. The lowest BCUT2D eigenvalue weighted by Gasteiger charge is -2.12. The molecule has 154 valence electrons. The van der Waals surface area contributed by atoms with E-state index in [0.29, 0.717) is 18.0 Å². The monoisotopic (exact) mass is 431 g/mol. The Morgan fingerprint density at radius 3 is 2.33 bits per heavy atom. The lowest BCUT2D eigenvalue weighted by atomic mass is 10.2. The molecular formula is C22H17ClF3N3O. The summed E-state index contributed by atoms with van der Waals surface area (Å²) in [6.45, 7) is 0.310. The highest BCUT2D eigenvalue weighted by Gasteiger charge is 2.30. The second-order valence-corrected chi connectivity index (χ2v) is 6.35. The summed E-state index contributed by atoms with van der Waals surface area (Å²) < 4.78 is 44.8. The van der Waals surface area contributed by atoms with E-state index in [1.807, 2.05) is 48.5 Å². The number of alkyl halides is 3. The maximum atomic E-state index is 13.0. The first-order chi connectivity index (χ1) is 14.0. The van der Waals surface area contributed by atoms with E-state index in [0.717, 1.165) is 23.1 Å². The molecule has 4 rings (SSSR count). The SMILES string of the molecule is Cl.FC(F)(F)c1cccc(Nc2nc(OCc3ccccc3)c3ccccc3n2)c1. The fraction of sp³-hybridized carbons (Fsp3) is 0.0909. The van der Waals surface area contributed by atoms with Gasteiger partial charge >= 0.3 is 6.18 Å². The molecule has 8 heteroatoms. The topological polar surface area (TPSA) is 47.0 Å². The van der Waals surface area contributed by atoms with Gasteiger partial charge in [0.05, 0.1) is 16.5 Å². The molecule has 1 heterocycles. The zero-order valence-corrected chi connectivity index (χ0v) is 16.4. The normalized spacial score (nSPS) is 11.0. The summed E-state index contributed by atoms with van der Waals surface area (Å²) in [6.07, 6.45) is -4.42.